The number of nitrogens with zero attached hydrogens (tertiary/aromatic N) is 1. The Hall–Kier alpha value is -0.250. The van der Waals surface area contributed by atoms with Gasteiger partial charge in [0.15, 0.2) is 0 Å². The molecule has 0 unspecified atom stereocenters. The molecule has 1 aliphatic rings. The standard InChI is InChI=1S/C9H13ClN2S/c10-8-2-3-9(13-8)12-6-1-4-11-5-7-12/h2-3,11H,1,4-7H2. The van der Waals surface area contributed by atoms with Gasteiger partial charge in [-0.1, -0.05) is 11.6 Å². The normalized spacial score (nSPS) is 18.7. The molecule has 4 heteroatoms. The summed E-state index contributed by atoms with van der Waals surface area (Å²) in [6.07, 6.45) is 1.22. The zero-order valence-corrected chi connectivity index (χ0v) is 9.00. The third-order valence-corrected chi connectivity index (χ3v) is 3.50. The van der Waals surface area contributed by atoms with E-state index in [0.29, 0.717) is 0 Å². The molecule has 1 aromatic rings. The first-order valence-corrected chi connectivity index (χ1v) is 5.77. The Morgan fingerprint density at radius 1 is 1.31 bits per heavy atom. The summed E-state index contributed by atoms with van der Waals surface area (Å²) >= 11 is 7.56. The van der Waals surface area contributed by atoms with Gasteiger partial charge in [-0.3, -0.25) is 0 Å². The lowest BCUT2D eigenvalue weighted by molar-refractivity contribution is 0.724. The highest BCUT2D eigenvalue weighted by Crippen LogP contribution is 2.29. The lowest BCUT2D eigenvalue weighted by atomic mass is 10.4. The largest absolute Gasteiger partial charge is 0.362 e. The van der Waals surface area contributed by atoms with E-state index in [9.17, 15) is 0 Å². The number of rotatable bonds is 1. The highest BCUT2D eigenvalue weighted by atomic mass is 35.5. The average Bonchev–Trinajstić information content (AvgIpc) is 2.43. The van der Waals surface area contributed by atoms with E-state index in [2.05, 4.69) is 16.3 Å². The quantitative estimate of drug-likeness (QED) is 0.775. The van der Waals surface area contributed by atoms with Crippen LogP contribution in [0.15, 0.2) is 12.1 Å². The SMILES string of the molecule is Clc1ccc(N2CCCNCC2)s1. The van der Waals surface area contributed by atoms with Crippen LogP contribution in [-0.2, 0) is 0 Å². The van der Waals surface area contributed by atoms with Gasteiger partial charge in [-0.15, -0.1) is 11.3 Å². The lowest BCUT2D eigenvalue weighted by Gasteiger charge is -2.19. The fourth-order valence-corrected chi connectivity index (χ4v) is 2.62. The summed E-state index contributed by atoms with van der Waals surface area (Å²) in [5, 5.41) is 4.68. The summed E-state index contributed by atoms with van der Waals surface area (Å²) < 4.78 is 0.882. The van der Waals surface area contributed by atoms with E-state index >= 15 is 0 Å². The molecule has 0 aromatic carbocycles. The summed E-state index contributed by atoms with van der Waals surface area (Å²) in [6, 6.07) is 4.08. The molecular weight excluding hydrogens is 204 g/mol. The van der Waals surface area contributed by atoms with Crippen LogP contribution < -0.4 is 10.2 Å². The summed E-state index contributed by atoms with van der Waals surface area (Å²) in [5.41, 5.74) is 0. The summed E-state index contributed by atoms with van der Waals surface area (Å²) in [4.78, 5) is 2.40. The van der Waals surface area contributed by atoms with Gasteiger partial charge in [0.1, 0.15) is 0 Å². The minimum Gasteiger partial charge on any atom is -0.362 e. The second kappa shape index (κ2) is 4.31. The molecule has 0 aliphatic carbocycles. The van der Waals surface area contributed by atoms with Crippen molar-refractivity contribution in [2.24, 2.45) is 0 Å². The van der Waals surface area contributed by atoms with Gasteiger partial charge in [-0.25, -0.2) is 0 Å². The molecule has 72 valence electrons. The van der Waals surface area contributed by atoms with Crippen LogP contribution in [0.1, 0.15) is 6.42 Å². The molecule has 1 aromatic heterocycles. The molecule has 2 heterocycles. The summed E-state index contributed by atoms with van der Waals surface area (Å²) in [6.45, 7) is 4.45. The van der Waals surface area contributed by atoms with E-state index in [1.54, 1.807) is 11.3 Å². The number of nitrogens with one attached hydrogen (secondary N) is 1. The second-order valence-electron chi connectivity index (χ2n) is 3.17. The van der Waals surface area contributed by atoms with E-state index in [1.165, 1.54) is 11.4 Å². The van der Waals surface area contributed by atoms with Gasteiger partial charge < -0.3 is 10.2 Å². The van der Waals surface area contributed by atoms with Crippen LogP contribution in [-0.4, -0.2) is 26.2 Å². The number of hydrogen-bond acceptors (Lipinski definition) is 3. The van der Waals surface area contributed by atoms with Gasteiger partial charge in [0.05, 0.1) is 9.34 Å². The molecule has 0 radical (unpaired) electrons. The van der Waals surface area contributed by atoms with Crippen LogP contribution in [0.4, 0.5) is 5.00 Å². The highest BCUT2D eigenvalue weighted by Gasteiger charge is 2.10. The molecule has 0 bridgehead atoms. The van der Waals surface area contributed by atoms with Gasteiger partial charge in [0, 0.05) is 19.6 Å². The zero-order chi connectivity index (χ0) is 9.10. The minimum absolute atomic E-state index is 0.882. The van der Waals surface area contributed by atoms with Crippen LogP contribution in [0.3, 0.4) is 0 Å². The van der Waals surface area contributed by atoms with Crippen molar-refractivity contribution in [3.8, 4) is 0 Å². The Morgan fingerprint density at radius 2 is 2.23 bits per heavy atom. The first kappa shape index (κ1) is 9.31. The van der Waals surface area contributed by atoms with Crippen molar-refractivity contribution in [1.82, 2.24) is 5.32 Å². The molecule has 1 aliphatic heterocycles. The van der Waals surface area contributed by atoms with Crippen molar-refractivity contribution in [2.45, 2.75) is 6.42 Å². The Kier molecular flexibility index (Phi) is 3.09. The van der Waals surface area contributed by atoms with Gasteiger partial charge in [-0.2, -0.15) is 0 Å². The third kappa shape index (κ3) is 2.36. The maximum absolute atomic E-state index is 5.90. The van der Waals surface area contributed by atoms with E-state index in [1.807, 2.05) is 6.07 Å². The van der Waals surface area contributed by atoms with Gasteiger partial charge >= 0.3 is 0 Å². The fraction of sp³-hybridized carbons (Fsp3) is 0.556. The molecule has 0 spiro atoms. The molecule has 0 amide bonds. The molecule has 0 atom stereocenters. The lowest BCUT2D eigenvalue weighted by Crippen LogP contribution is -2.26. The van der Waals surface area contributed by atoms with Gasteiger partial charge in [-0.05, 0) is 25.1 Å². The average molecular weight is 217 g/mol. The van der Waals surface area contributed by atoms with E-state index in [0.717, 1.165) is 30.5 Å². The van der Waals surface area contributed by atoms with Crippen LogP contribution in [0.5, 0.6) is 0 Å². The van der Waals surface area contributed by atoms with Crippen LogP contribution in [0, 0.1) is 0 Å². The topological polar surface area (TPSA) is 15.3 Å². The maximum Gasteiger partial charge on any atom is 0.0950 e. The third-order valence-electron chi connectivity index (χ3n) is 2.21. The molecule has 1 N–H and O–H groups in total. The number of hydrogen-bond donors (Lipinski definition) is 1. The molecule has 2 nitrogen and oxygen atoms in total. The molecule has 13 heavy (non-hydrogen) atoms. The smallest absolute Gasteiger partial charge is 0.0950 e. The van der Waals surface area contributed by atoms with Gasteiger partial charge in [0.25, 0.3) is 0 Å². The van der Waals surface area contributed by atoms with E-state index in [-0.39, 0.29) is 0 Å². The Labute approximate surface area is 87.5 Å². The first-order valence-electron chi connectivity index (χ1n) is 4.57. The molecule has 1 fully saturated rings. The van der Waals surface area contributed by atoms with Crippen LogP contribution in [0.2, 0.25) is 4.34 Å². The van der Waals surface area contributed by atoms with Crippen molar-refractivity contribution in [2.75, 3.05) is 31.1 Å². The Balaban J connectivity index is 2.06. The number of anilines is 1. The fourth-order valence-electron chi connectivity index (χ4n) is 1.54. The van der Waals surface area contributed by atoms with Gasteiger partial charge in [0.2, 0.25) is 0 Å². The molecule has 1 saturated heterocycles. The van der Waals surface area contributed by atoms with Crippen molar-refractivity contribution < 1.29 is 0 Å². The summed E-state index contributed by atoms with van der Waals surface area (Å²) in [5.74, 6) is 0. The first-order chi connectivity index (χ1) is 6.36. The minimum atomic E-state index is 0.882. The highest BCUT2D eigenvalue weighted by molar-refractivity contribution is 7.19. The second-order valence-corrected chi connectivity index (χ2v) is 4.86. The van der Waals surface area contributed by atoms with E-state index < -0.39 is 0 Å². The maximum atomic E-state index is 5.90. The predicted octanol–water partition coefficient (Wildman–Crippen LogP) is 2.20. The van der Waals surface area contributed by atoms with E-state index in [4.69, 9.17) is 11.6 Å². The van der Waals surface area contributed by atoms with Crippen molar-refractivity contribution in [3.63, 3.8) is 0 Å². The monoisotopic (exact) mass is 216 g/mol. The van der Waals surface area contributed by atoms with Crippen molar-refractivity contribution in [1.29, 1.82) is 0 Å². The number of thiophene rings is 1. The van der Waals surface area contributed by atoms with Crippen LogP contribution in [0.25, 0.3) is 0 Å². The molecular formula is C9H13ClN2S. The number of halogens is 1. The van der Waals surface area contributed by atoms with Crippen molar-refractivity contribution in [3.05, 3.63) is 16.5 Å². The zero-order valence-electron chi connectivity index (χ0n) is 7.42. The molecule has 2 rings (SSSR count). The van der Waals surface area contributed by atoms with Crippen LogP contribution >= 0.6 is 22.9 Å². The predicted molar refractivity (Wildman–Crippen MR) is 59.0 cm³/mol. The van der Waals surface area contributed by atoms with Crippen molar-refractivity contribution >= 4 is 27.9 Å². The Morgan fingerprint density at radius 3 is 3.00 bits per heavy atom. The Bertz CT molecular complexity index is 266. The summed E-state index contributed by atoms with van der Waals surface area (Å²) in [7, 11) is 0. The molecule has 0 saturated carbocycles.